The van der Waals surface area contributed by atoms with Crippen molar-refractivity contribution in [1.82, 2.24) is 0 Å². The zero-order valence-electron chi connectivity index (χ0n) is 3.70. The van der Waals surface area contributed by atoms with Crippen molar-refractivity contribution in [3.05, 3.63) is 0 Å². The third kappa shape index (κ3) is 385. The molecular weight excluding hydrogens is 138 g/mol. The Morgan fingerprint density at radius 1 is 1.14 bits per heavy atom. The lowest BCUT2D eigenvalue weighted by Gasteiger charge is -1.82. The van der Waals surface area contributed by atoms with Gasteiger partial charge in [0, 0.05) is 0 Å². The van der Waals surface area contributed by atoms with Gasteiger partial charge in [-0.1, -0.05) is 0 Å². The lowest BCUT2D eigenvalue weighted by Crippen LogP contribution is -1.66. The van der Waals surface area contributed by atoms with E-state index in [1.54, 1.807) is 0 Å². The van der Waals surface area contributed by atoms with Gasteiger partial charge in [0.15, 0.2) is 0 Å². The first-order valence-corrected chi connectivity index (χ1v) is 2.35. The summed E-state index contributed by atoms with van der Waals surface area (Å²) in [5, 5.41) is 0. The van der Waals surface area contributed by atoms with Crippen LogP contribution in [-0.4, -0.2) is 37.5 Å². The SMILES string of the molecule is O.O=P(O)(O)O.[AlH2]. The first-order valence-electron chi connectivity index (χ1n) is 0.783. The summed E-state index contributed by atoms with van der Waals surface area (Å²) >= 11 is 0. The molecule has 0 fully saturated rings. The number of hydrogen-bond donors (Lipinski definition) is 3. The fourth-order valence-electron chi connectivity index (χ4n) is 0. The molecule has 0 aromatic carbocycles. The summed E-state index contributed by atoms with van der Waals surface area (Å²) in [5.41, 5.74) is 0. The lowest BCUT2D eigenvalue weighted by atomic mass is 15.8. The summed E-state index contributed by atoms with van der Waals surface area (Å²) in [7, 11) is -4.64. The van der Waals surface area contributed by atoms with Gasteiger partial charge in [0.1, 0.15) is 17.4 Å². The van der Waals surface area contributed by atoms with Gasteiger partial charge in [-0.2, -0.15) is 0 Å². The van der Waals surface area contributed by atoms with Crippen molar-refractivity contribution in [1.29, 1.82) is 0 Å². The molecule has 0 atom stereocenters. The molecule has 0 rings (SSSR count). The van der Waals surface area contributed by atoms with Crippen molar-refractivity contribution in [3.8, 4) is 0 Å². The molecule has 0 aliphatic heterocycles. The smallest absolute Gasteiger partial charge is 0.412 e. The molecule has 5 N–H and O–H groups in total. The monoisotopic (exact) mass is 145 g/mol. The molecule has 0 aromatic rings. The van der Waals surface area contributed by atoms with Crippen molar-refractivity contribution >= 4 is 25.2 Å². The first kappa shape index (κ1) is 15.6. The molecule has 45 valence electrons. The van der Waals surface area contributed by atoms with Crippen molar-refractivity contribution < 1.29 is 24.7 Å². The molecule has 0 heterocycles. The average molecular weight is 145 g/mol. The molecular formula is H7AlO5P. The van der Waals surface area contributed by atoms with Crippen LogP contribution in [0.1, 0.15) is 0 Å². The Morgan fingerprint density at radius 2 is 1.14 bits per heavy atom. The van der Waals surface area contributed by atoms with E-state index < -0.39 is 7.82 Å². The Morgan fingerprint density at radius 3 is 1.14 bits per heavy atom. The molecule has 0 aliphatic rings. The average Bonchev–Trinajstić information content (AvgIpc) is 0.722. The highest BCUT2D eigenvalue weighted by Crippen LogP contribution is 2.25. The van der Waals surface area contributed by atoms with E-state index in [4.69, 9.17) is 19.2 Å². The van der Waals surface area contributed by atoms with Crippen LogP contribution in [0.25, 0.3) is 0 Å². The molecule has 0 saturated carbocycles. The maximum Gasteiger partial charge on any atom is 0.466 e. The highest BCUT2D eigenvalue weighted by Gasteiger charge is 2.00. The molecule has 0 amide bonds. The zero-order chi connectivity index (χ0) is 4.50. The Hall–Kier alpha value is 0.602. The van der Waals surface area contributed by atoms with Crippen molar-refractivity contribution in [3.63, 3.8) is 0 Å². The van der Waals surface area contributed by atoms with E-state index >= 15 is 0 Å². The molecule has 5 nitrogen and oxygen atoms in total. The third-order valence-corrected chi connectivity index (χ3v) is 0. The molecule has 7 heteroatoms. The van der Waals surface area contributed by atoms with Crippen LogP contribution in [0.3, 0.4) is 0 Å². The molecule has 0 unspecified atom stereocenters. The second-order valence-corrected chi connectivity index (χ2v) is 1.54. The van der Waals surface area contributed by atoms with Crippen LogP contribution in [-0.2, 0) is 4.57 Å². The van der Waals surface area contributed by atoms with E-state index in [0.717, 1.165) is 0 Å². The van der Waals surface area contributed by atoms with Crippen LogP contribution < -0.4 is 0 Å². The fraction of sp³-hybridized carbons (Fsp3) is 0. The van der Waals surface area contributed by atoms with Gasteiger partial charge in [-0.25, -0.2) is 4.57 Å². The minimum atomic E-state index is -4.64. The molecule has 0 aromatic heterocycles. The summed E-state index contributed by atoms with van der Waals surface area (Å²) in [6, 6.07) is 0. The molecule has 1 radical (unpaired) electrons. The second kappa shape index (κ2) is 4.75. The Kier molecular flexibility index (Phi) is 10.6. The standard InChI is InChI=1S/Al.H3O4P.H2O.2H/c;1-5(2,3)4;;;/h;(H3,1,2,3,4);1H2;;. The number of phosphoric acid groups is 1. The molecule has 0 bridgehead atoms. The maximum atomic E-state index is 8.88. The van der Waals surface area contributed by atoms with Gasteiger partial charge in [0.05, 0.1) is 0 Å². The van der Waals surface area contributed by atoms with E-state index in [1.807, 2.05) is 0 Å². The van der Waals surface area contributed by atoms with Crippen molar-refractivity contribution in [2.24, 2.45) is 0 Å². The fourth-order valence-corrected chi connectivity index (χ4v) is 0. The quantitative estimate of drug-likeness (QED) is 0.255. The Balaban J connectivity index is -0.0000000800. The van der Waals surface area contributed by atoms with Crippen LogP contribution in [0, 0.1) is 0 Å². The predicted octanol–water partition coefficient (Wildman–Crippen LogP) is -2.67. The van der Waals surface area contributed by atoms with Crippen LogP contribution in [0.5, 0.6) is 0 Å². The van der Waals surface area contributed by atoms with Gasteiger partial charge in [-0.15, -0.1) is 0 Å². The third-order valence-electron chi connectivity index (χ3n) is 0. The highest BCUT2D eigenvalue weighted by molar-refractivity contribution is 7.45. The molecule has 0 spiro atoms. The van der Waals surface area contributed by atoms with Crippen LogP contribution >= 0.6 is 7.82 Å². The van der Waals surface area contributed by atoms with Gasteiger partial charge in [0.25, 0.3) is 0 Å². The van der Waals surface area contributed by atoms with Crippen LogP contribution in [0.2, 0.25) is 0 Å². The Bertz CT molecular complexity index is 54.2. The van der Waals surface area contributed by atoms with E-state index in [0.29, 0.717) is 0 Å². The molecule has 0 saturated heterocycles. The highest BCUT2D eigenvalue weighted by atomic mass is 31.2. The summed E-state index contributed by atoms with van der Waals surface area (Å²) in [4.78, 5) is 21.6. The van der Waals surface area contributed by atoms with E-state index in [1.165, 1.54) is 0 Å². The summed E-state index contributed by atoms with van der Waals surface area (Å²) in [6.45, 7) is 0. The summed E-state index contributed by atoms with van der Waals surface area (Å²) in [6.07, 6.45) is 0. The van der Waals surface area contributed by atoms with Gasteiger partial charge < -0.3 is 20.2 Å². The maximum absolute atomic E-state index is 8.88. The van der Waals surface area contributed by atoms with E-state index in [9.17, 15) is 0 Å². The largest absolute Gasteiger partial charge is 0.466 e. The van der Waals surface area contributed by atoms with Crippen molar-refractivity contribution in [2.75, 3.05) is 0 Å². The molecule has 7 heavy (non-hydrogen) atoms. The van der Waals surface area contributed by atoms with Gasteiger partial charge in [0.2, 0.25) is 0 Å². The van der Waals surface area contributed by atoms with Crippen LogP contribution in [0.15, 0.2) is 0 Å². The van der Waals surface area contributed by atoms with Gasteiger partial charge in [-0.05, 0) is 0 Å². The number of rotatable bonds is 0. The van der Waals surface area contributed by atoms with E-state index in [2.05, 4.69) is 0 Å². The minimum absolute atomic E-state index is 0. The second-order valence-electron chi connectivity index (χ2n) is 0.513. The topological polar surface area (TPSA) is 109 Å². The number of hydrogen-bond acceptors (Lipinski definition) is 1. The first-order chi connectivity index (χ1) is 2.00. The minimum Gasteiger partial charge on any atom is -0.412 e. The normalized spacial score (nSPS) is 8.43. The van der Waals surface area contributed by atoms with Crippen molar-refractivity contribution in [2.45, 2.75) is 0 Å². The van der Waals surface area contributed by atoms with Gasteiger partial charge in [-0.3, -0.25) is 0 Å². The summed E-state index contributed by atoms with van der Waals surface area (Å²) in [5.74, 6) is 0. The Labute approximate surface area is 50.7 Å². The lowest BCUT2D eigenvalue weighted by molar-refractivity contribution is 0.275. The van der Waals surface area contributed by atoms with Gasteiger partial charge >= 0.3 is 7.82 Å². The zero-order valence-corrected chi connectivity index (χ0v) is 6.59. The predicted molar refractivity (Wildman–Crippen MR) is 26.4 cm³/mol. The molecule has 0 aliphatic carbocycles. The van der Waals surface area contributed by atoms with E-state index in [-0.39, 0.29) is 22.8 Å². The van der Waals surface area contributed by atoms with Crippen LogP contribution in [0.4, 0.5) is 0 Å². The summed E-state index contributed by atoms with van der Waals surface area (Å²) < 4.78 is 8.88.